The predicted molar refractivity (Wildman–Crippen MR) is 72.4 cm³/mol. The number of isocyanates is 2. The van der Waals surface area contributed by atoms with Crippen molar-refractivity contribution in [3.63, 3.8) is 0 Å². The minimum absolute atomic E-state index is 0.228. The maximum atomic E-state index is 10.2. The van der Waals surface area contributed by atoms with E-state index in [9.17, 15) is 9.59 Å². The first-order valence-electron chi connectivity index (χ1n) is 7.45. The molecule has 2 aliphatic rings. The second-order valence-corrected chi connectivity index (χ2v) is 6.03. The van der Waals surface area contributed by atoms with Crippen LogP contribution in [-0.4, -0.2) is 24.2 Å². The lowest BCUT2D eigenvalue weighted by atomic mass is 9.76. The molecular formula is C15H22N2O2. The first-order valence-corrected chi connectivity index (χ1v) is 7.45. The van der Waals surface area contributed by atoms with Crippen molar-refractivity contribution in [2.45, 2.75) is 69.9 Å². The molecule has 0 unspecified atom stereocenters. The van der Waals surface area contributed by atoms with Gasteiger partial charge in [-0.25, -0.2) is 19.6 Å². The van der Waals surface area contributed by atoms with E-state index in [2.05, 4.69) is 9.98 Å². The quantitative estimate of drug-likeness (QED) is 0.577. The molecule has 4 nitrogen and oxygen atoms in total. The van der Waals surface area contributed by atoms with Crippen LogP contribution in [0.3, 0.4) is 0 Å². The van der Waals surface area contributed by atoms with E-state index in [4.69, 9.17) is 0 Å². The van der Waals surface area contributed by atoms with Crippen molar-refractivity contribution in [2.24, 2.45) is 21.8 Å². The average molecular weight is 262 g/mol. The fourth-order valence-electron chi connectivity index (χ4n) is 3.64. The molecule has 0 radical (unpaired) electrons. The van der Waals surface area contributed by atoms with E-state index in [0.717, 1.165) is 37.5 Å². The first-order chi connectivity index (χ1) is 9.31. The molecule has 0 amide bonds. The van der Waals surface area contributed by atoms with Crippen molar-refractivity contribution in [1.82, 2.24) is 0 Å². The van der Waals surface area contributed by atoms with Crippen LogP contribution in [0.25, 0.3) is 0 Å². The fourth-order valence-corrected chi connectivity index (χ4v) is 3.64. The molecule has 2 saturated carbocycles. The molecule has 0 spiro atoms. The molecule has 2 rings (SSSR count). The van der Waals surface area contributed by atoms with Gasteiger partial charge in [-0.05, 0) is 69.6 Å². The van der Waals surface area contributed by atoms with Crippen molar-refractivity contribution >= 4 is 12.2 Å². The molecule has 104 valence electrons. The van der Waals surface area contributed by atoms with Gasteiger partial charge in [0.15, 0.2) is 0 Å². The lowest BCUT2D eigenvalue weighted by molar-refractivity contribution is 0.226. The Bertz CT molecular complexity index is 332. The molecule has 0 aromatic carbocycles. The Kier molecular flexibility index (Phi) is 5.50. The van der Waals surface area contributed by atoms with E-state index in [1.54, 1.807) is 12.2 Å². The molecule has 0 atom stereocenters. The van der Waals surface area contributed by atoms with Gasteiger partial charge in [0.05, 0.1) is 12.1 Å². The molecule has 0 heterocycles. The zero-order valence-electron chi connectivity index (χ0n) is 11.4. The van der Waals surface area contributed by atoms with E-state index < -0.39 is 0 Å². The van der Waals surface area contributed by atoms with Gasteiger partial charge < -0.3 is 0 Å². The van der Waals surface area contributed by atoms with Gasteiger partial charge in [0.1, 0.15) is 0 Å². The van der Waals surface area contributed by atoms with Crippen molar-refractivity contribution in [2.75, 3.05) is 0 Å². The molecule has 19 heavy (non-hydrogen) atoms. The van der Waals surface area contributed by atoms with Crippen molar-refractivity contribution in [3.8, 4) is 0 Å². The van der Waals surface area contributed by atoms with Crippen LogP contribution in [-0.2, 0) is 9.59 Å². The average Bonchev–Trinajstić information content (AvgIpc) is 2.44. The predicted octanol–water partition coefficient (Wildman–Crippen LogP) is 3.17. The molecule has 2 aliphatic carbocycles. The Morgan fingerprint density at radius 3 is 1.37 bits per heavy atom. The van der Waals surface area contributed by atoms with Crippen molar-refractivity contribution < 1.29 is 9.59 Å². The summed E-state index contributed by atoms with van der Waals surface area (Å²) in [6.07, 6.45) is 13.6. The van der Waals surface area contributed by atoms with Gasteiger partial charge in [-0.15, -0.1) is 0 Å². The maximum Gasteiger partial charge on any atom is 0.235 e. The van der Waals surface area contributed by atoms with Gasteiger partial charge in [-0.3, -0.25) is 0 Å². The number of nitrogens with zero attached hydrogens (tertiary/aromatic N) is 2. The van der Waals surface area contributed by atoms with Gasteiger partial charge in [0.25, 0.3) is 0 Å². The van der Waals surface area contributed by atoms with Crippen LogP contribution in [0.5, 0.6) is 0 Å². The van der Waals surface area contributed by atoms with Gasteiger partial charge in [0.2, 0.25) is 12.2 Å². The van der Waals surface area contributed by atoms with Crippen LogP contribution < -0.4 is 0 Å². The molecule has 0 saturated heterocycles. The van der Waals surface area contributed by atoms with E-state index in [0.29, 0.717) is 0 Å². The van der Waals surface area contributed by atoms with Gasteiger partial charge in [-0.1, -0.05) is 0 Å². The number of hydrogen-bond acceptors (Lipinski definition) is 4. The number of hydrogen-bond donors (Lipinski definition) is 0. The molecule has 0 N–H and O–H groups in total. The third-order valence-electron chi connectivity index (χ3n) is 4.77. The van der Waals surface area contributed by atoms with Gasteiger partial charge >= 0.3 is 0 Å². The van der Waals surface area contributed by atoms with Crippen LogP contribution in [0.4, 0.5) is 0 Å². The number of aliphatic imine (C=N–C) groups is 2. The largest absolute Gasteiger partial charge is 0.235 e. The zero-order chi connectivity index (χ0) is 13.5. The Balaban J connectivity index is 1.69. The molecular weight excluding hydrogens is 240 g/mol. The summed E-state index contributed by atoms with van der Waals surface area (Å²) in [6.45, 7) is 0. The van der Waals surface area contributed by atoms with Gasteiger partial charge in [0, 0.05) is 0 Å². The monoisotopic (exact) mass is 262 g/mol. The highest BCUT2D eigenvalue weighted by Crippen LogP contribution is 2.36. The van der Waals surface area contributed by atoms with Crippen LogP contribution in [0.1, 0.15) is 57.8 Å². The minimum Gasteiger partial charge on any atom is -0.211 e. The van der Waals surface area contributed by atoms with E-state index in [1.807, 2.05) is 0 Å². The summed E-state index contributed by atoms with van der Waals surface area (Å²) in [6, 6.07) is 0.456. The third kappa shape index (κ3) is 4.41. The van der Waals surface area contributed by atoms with E-state index in [1.165, 1.54) is 32.1 Å². The Morgan fingerprint density at radius 1 is 0.684 bits per heavy atom. The number of rotatable bonds is 4. The van der Waals surface area contributed by atoms with Crippen LogP contribution in [0.15, 0.2) is 9.98 Å². The standard InChI is InChI=1S/C15H22N2O2/c18-10-16-14-5-1-12(2-6-14)9-13-3-7-15(8-4-13)17-11-19/h12-15H,1-9H2/t12-,13?,14-,15?. The fraction of sp³-hybridized carbons (Fsp3) is 0.867. The summed E-state index contributed by atoms with van der Waals surface area (Å²) in [7, 11) is 0. The summed E-state index contributed by atoms with van der Waals surface area (Å²) in [4.78, 5) is 28.1. The second kappa shape index (κ2) is 7.37. The smallest absolute Gasteiger partial charge is 0.211 e. The van der Waals surface area contributed by atoms with E-state index >= 15 is 0 Å². The third-order valence-corrected chi connectivity index (χ3v) is 4.77. The van der Waals surface area contributed by atoms with Crippen LogP contribution >= 0.6 is 0 Å². The minimum atomic E-state index is 0.228. The SMILES string of the molecule is O=C=NC1CCC(C[C@H]2CC[C@H](N=C=O)CC2)CC1. The van der Waals surface area contributed by atoms with Crippen LogP contribution in [0.2, 0.25) is 0 Å². The van der Waals surface area contributed by atoms with Crippen molar-refractivity contribution in [1.29, 1.82) is 0 Å². The summed E-state index contributed by atoms with van der Waals surface area (Å²) in [5.74, 6) is 1.60. The normalized spacial score (nSPS) is 34.9. The van der Waals surface area contributed by atoms with Crippen LogP contribution in [0, 0.1) is 11.8 Å². The lowest BCUT2D eigenvalue weighted by Gasteiger charge is -2.31. The molecule has 2 fully saturated rings. The second-order valence-electron chi connectivity index (χ2n) is 6.03. The topological polar surface area (TPSA) is 58.9 Å². The zero-order valence-corrected chi connectivity index (χ0v) is 11.4. The molecule has 0 aromatic heterocycles. The van der Waals surface area contributed by atoms with E-state index in [-0.39, 0.29) is 12.1 Å². The number of carbonyl (C=O) groups excluding carboxylic acids is 2. The molecule has 0 bridgehead atoms. The lowest BCUT2D eigenvalue weighted by Crippen LogP contribution is -2.23. The summed E-state index contributed by atoms with van der Waals surface area (Å²) in [5.41, 5.74) is 0. The maximum absolute atomic E-state index is 10.2. The summed E-state index contributed by atoms with van der Waals surface area (Å²) in [5, 5.41) is 0. The Hall–Kier alpha value is -1.24. The molecule has 0 aromatic rings. The Morgan fingerprint density at radius 2 is 1.05 bits per heavy atom. The highest BCUT2D eigenvalue weighted by atomic mass is 16.1. The highest BCUT2D eigenvalue weighted by Gasteiger charge is 2.26. The van der Waals surface area contributed by atoms with Crippen molar-refractivity contribution in [3.05, 3.63) is 0 Å². The highest BCUT2D eigenvalue weighted by molar-refractivity contribution is 5.33. The first kappa shape index (κ1) is 14.2. The van der Waals surface area contributed by atoms with Gasteiger partial charge in [-0.2, -0.15) is 0 Å². The summed E-state index contributed by atoms with van der Waals surface area (Å²) < 4.78 is 0. The summed E-state index contributed by atoms with van der Waals surface area (Å²) >= 11 is 0. The molecule has 0 aliphatic heterocycles. The Labute approximate surface area is 114 Å². The molecule has 4 heteroatoms.